The Labute approximate surface area is 165 Å². The number of ether oxygens (including phenoxy) is 1. The molecule has 1 aliphatic rings. The molecule has 1 fully saturated rings. The molecule has 28 heavy (non-hydrogen) atoms. The number of likely N-dealkylation sites (tertiary alicyclic amines) is 1. The first-order valence-corrected chi connectivity index (χ1v) is 9.62. The zero-order valence-corrected chi connectivity index (χ0v) is 16.5. The van der Waals surface area contributed by atoms with Crippen molar-refractivity contribution in [2.24, 2.45) is 0 Å². The van der Waals surface area contributed by atoms with E-state index in [-0.39, 0.29) is 31.3 Å². The number of aromatic nitrogens is 3. The van der Waals surface area contributed by atoms with Gasteiger partial charge in [0.15, 0.2) is 0 Å². The summed E-state index contributed by atoms with van der Waals surface area (Å²) in [5.41, 5.74) is -0.495. The Morgan fingerprint density at radius 2 is 2.04 bits per heavy atom. The van der Waals surface area contributed by atoms with E-state index in [4.69, 9.17) is 9.26 Å². The molecule has 0 bridgehead atoms. The predicted molar refractivity (Wildman–Crippen MR) is 101 cm³/mol. The number of hydrogen-bond acceptors (Lipinski definition) is 7. The van der Waals surface area contributed by atoms with Gasteiger partial charge in [-0.15, -0.1) is 11.3 Å². The minimum Gasteiger partial charge on any atom is -0.497 e. The van der Waals surface area contributed by atoms with Crippen molar-refractivity contribution in [1.82, 2.24) is 20.0 Å². The summed E-state index contributed by atoms with van der Waals surface area (Å²) in [7, 11) is 1.58. The van der Waals surface area contributed by atoms with E-state index >= 15 is 4.39 Å². The standard InChI is InChI=1S/C19H19FN4O3S/c1-11-15(28-12(2)21-11)17(25)24-9-8-19(20,10-24)18-22-16(23-27-18)13-4-6-14(26-3)7-5-13/h4-7H,8-10H2,1-3H3. The maximum absolute atomic E-state index is 15.5. The summed E-state index contributed by atoms with van der Waals surface area (Å²) in [5.74, 6) is 0.685. The van der Waals surface area contributed by atoms with Crippen LogP contribution in [0.2, 0.25) is 0 Å². The van der Waals surface area contributed by atoms with Gasteiger partial charge in [0.05, 0.1) is 24.4 Å². The van der Waals surface area contributed by atoms with Crippen LogP contribution in [0.4, 0.5) is 4.39 Å². The molecule has 3 aromatic rings. The molecule has 4 rings (SSSR count). The lowest BCUT2D eigenvalue weighted by atomic mass is 10.1. The van der Waals surface area contributed by atoms with E-state index in [0.29, 0.717) is 27.7 Å². The lowest BCUT2D eigenvalue weighted by molar-refractivity contribution is 0.0720. The van der Waals surface area contributed by atoms with Crippen molar-refractivity contribution in [2.45, 2.75) is 25.9 Å². The third kappa shape index (κ3) is 3.26. The van der Waals surface area contributed by atoms with Crippen molar-refractivity contribution in [3.63, 3.8) is 0 Å². The first-order chi connectivity index (χ1) is 13.4. The summed E-state index contributed by atoms with van der Waals surface area (Å²) < 4.78 is 25.8. The molecule has 9 heteroatoms. The highest BCUT2D eigenvalue weighted by atomic mass is 32.1. The zero-order valence-electron chi connectivity index (χ0n) is 15.7. The summed E-state index contributed by atoms with van der Waals surface area (Å²) in [5, 5.41) is 4.71. The van der Waals surface area contributed by atoms with Crippen LogP contribution >= 0.6 is 11.3 Å². The Morgan fingerprint density at radius 1 is 1.29 bits per heavy atom. The molecule has 1 aromatic carbocycles. The van der Waals surface area contributed by atoms with Gasteiger partial charge in [0, 0.05) is 18.5 Å². The Bertz CT molecular complexity index is 1020. The molecule has 3 heterocycles. The molecule has 1 unspecified atom stereocenters. The Morgan fingerprint density at radius 3 is 2.68 bits per heavy atom. The van der Waals surface area contributed by atoms with E-state index in [0.717, 1.165) is 5.01 Å². The van der Waals surface area contributed by atoms with Crippen LogP contribution in [0.1, 0.15) is 32.7 Å². The van der Waals surface area contributed by atoms with Crippen LogP contribution in [-0.2, 0) is 5.67 Å². The summed E-state index contributed by atoms with van der Waals surface area (Å²) in [6.45, 7) is 3.80. The Kier molecular flexibility index (Phi) is 4.62. The first-order valence-electron chi connectivity index (χ1n) is 8.80. The molecular formula is C19H19FN4O3S. The molecule has 2 aromatic heterocycles. The van der Waals surface area contributed by atoms with Crippen LogP contribution in [0.3, 0.4) is 0 Å². The molecule has 1 amide bonds. The number of amides is 1. The number of thiazole rings is 1. The van der Waals surface area contributed by atoms with Gasteiger partial charge in [-0.25, -0.2) is 9.37 Å². The minimum atomic E-state index is -1.86. The number of aryl methyl sites for hydroxylation is 2. The molecule has 7 nitrogen and oxygen atoms in total. The monoisotopic (exact) mass is 402 g/mol. The van der Waals surface area contributed by atoms with Gasteiger partial charge >= 0.3 is 0 Å². The summed E-state index contributed by atoms with van der Waals surface area (Å²) >= 11 is 1.32. The number of alkyl halides is 1. The van der Waals surface area contributed by atoms with Crippen molar-refractivity contribution >= 4 is 17.2 Å². The number of nitrogens with zero attached hydrogens (tertiary/aromatic N) is 4. The van der Waals surface area contributed by atoms with Gasteiger partial charge in [-0.1, -0.05) is 5.16 Å². The van der Waals surface area contributed by atoms with Crippen LogP contribution in [-0.4, -0.2) is 46.1 Å². The molecule has 0 spiro atoms. The smallest absolute Gasteiger partial charge is 0.266 e. The van der Waals surface area contributed by atoms with Crippen molar-refractivity contribution in [1.29, 1.82) is 0 Å². The molecular weight excluding hydrogens is 383 g/mol. The van der Waals surface area contributed by atoms with Crippen LogP contribution in [0, 0.1) is 13.8 Å². The van der Waals surface area contributed by atoms with E-state index in [1.807, 2.05) is 6.92 Å². The second kappa shape index (κ2) is 6.97. The Hall–Kier alpha value is -2.81. The van der Waals surface area contributed by atoms with E-state index < -0.39 is 5.67 Å². The molecule has 0 aliphatic carbocycles. The number of methoxy groups -OCH3 is 1. The highest BCUT2D eigenvalue weighted by molar-refractivity contribution is 7.13. The van der Waals surface area contributed by atoms with E-state index in [1.54, 1.807) is 38.3 Å². The van der Waals surface area contributed by atoms with Crippen LogP contribution in [0.15, 0.2) is 28.8 Å². The van der Waals surface area contributed by atoms with Crippen LogP contribution in [0.5, 0.6) is 5.75 Å². The normalized spacial score (nSPS) is 19.2. The van der Waals surface area contributed by atoms with Gasteiger partial charge in [-0.3, -0.25) is 4.79 Å². The zero-order chi connectivity index (χ0) is 19.9. The number of benzene rings is 1. The number of halogens is 1. The fraction of sp³-hybridized carbons (Fsp3) is 0.368. The maximum Gasteiger partial charge on any atom is 0.266 e. The topological polar surface area (TPSA) is 81.4 Å². The molecule has 146 valence electrons. The second-order valence-corrected chi connectivity index (χ2v) is 7.94. The Balaban J connectivity index is 1.52. The van der Waals surface area contributed by atoms with E-state index in [2.05, 4.69) is 15.1 Å². The van der Waals surface area contributed by atoms with Gasteiger partial charge in [0.1, 0.15) is 10.6 Å². The maximum atomic E-state index is 15.5. The van der Waals surface area contributed by atoms with Gasteiger partial charge in [-0.2, -0.15) is 4.98 Å². The lowest BCUT2D eigenvalue weighted by Gasteiger charge is -2.17. The largest absolute Gasteiger partial charge is 0.497 e. The molecule has 0 radical (unpaired) electrons. The van der Waals surface area contributed by atoms with Crippen LogP contribution in [0.25, 0.3) is 11.4 Å². The van der Waals surface area contributed by atoms with Crippen molar-refractivity contribution in [2.75, 3.05) is 20.2 Å². The van der Waals surface area contributed by atoms with Crippen molar-refractivity contribution < 1.29 is 18.4 Å². The van der Waals surface area contributed by atoms with Gasteiger partial charge < -0.3 is 14.2 Å². The van der Waals surface area contributed by atoms with Gasteiger partial charge in [0.25, 0.3) is 11.8 Å². The molecule has 1 aliphatic heterocycles. The lowest BCUT2D eigenvalue weighted by Crippen LogP contribution is -2.32. The average molecular weight is 402 g/mol. The van der Waals surface area contributed by atoms with Gasteiger partial charge in [-0.05, 0) is 38.1 Å². The van der Waals surface area contributed by atoms with E-state index in [1.165, 1.54) is 16.2 Å². The van der Waals surface area contributed by atoms with Gasteiger partial charge in [0.2, 0.25) is 11.5 Å². The number of carbonyl (C=O) groups is 1. The summed E-state index contributed by atoms with van der Waals surface area (Å²) in [6, 6.07) is 7.09. The quantitative estimate of drug-likeness (QED) is 0.664. The average Bonchev–Trinajstić information content (AvgIpc) is 3.40. The minimum absolute atomic E-state index is 0.106. The molecule has 0 N–H and O–H groups in total. The number of rotatable bonds is 4. The van der Waals surface area contributed by atoms with Crippen molar-refractivity contribution in [3.8, 4) is 17.1 Å². The number of carbonyl (C=O) groups excluding carboxylic acids is 1. The SMILES string of the molecule is COc1ccc(-c2noc(C3(F)CCN(C(=O)c4sc(C)nc4C)C3)n2)cc1. The summed E-state index contributed by atoms with van der Waals surface area (Å²) in [4.78, 5) is 23.3. The second-order valence-electron chi connectivity index (χ2n) is 6.74. The third-order valence-corrected chi connectivity index (χ3v) is 5.82. The number of hydrogen-bond donors (Lipinski definition) is 0. The molecule has 0 saturated carbocycles. The van der Waals surface area contributed by atoms with Crippen molar-refractivity contribution in [3.05, 3.63) is 45.7 Å². The highest BCUT2D eigenvalue weighted by Gasteiger charge is 2.47. The third-order valence-electron chi connectivity index (χ3n) is 4.76. The van der Waals surface area contributed by atoms with E-state index in [9.17, 15) is 4.79 Å². The fourth-order valence-corrected chi connectivity index (χ4v) is 4.14. The highest BCUT2D eigenvalue weighted by Crippen LogP contribution is 2.37. The summed E-state index contributed by atoms with van der Waals surface area (Å²) in [6.07, 6.45) is 0.111. The van der Waals surface area contributed by atoms with Crippen LogP contribution < -0.4 is 4.74 Å². The molecule has 1 atom stereocenters. The first kappa shape index (κ1) is 18.5. The fourth-order valence-electron chi connectivity index (χ4n) is 3.26. The molecule has 1 saturated heterocycles. The predicted octanol–water partition coefficient (Wildman–Crippen LogP) is 3.53.